The van der Waals surface area contributed by atoms with Gasteiger partial charge < -0.3 is 9.45 Å². The Hall–Kier alpha value is -2.07. The van der Waals surface area contributed by atoms with Gasteiger partial charge >= 0.3 is 0 Å². The molecule has 0 radical (unpaired) electrons. The Kier molecular flexibility index (Phi) is 12.4. The Morgan fingerprint density at radius 1 is 1.22 bits per heavy atom. The van der Waals surface area contributed by atoms with Gasteiger partial charge in [-0.3, -0.25) is 8.76 Å². The van der Waals surface area contributed by atoms with Crippen molar-refractivity contribution in [3.05, 3.63) is 59.3 Å². The van der Waals surface area contributed by atoms with Crippen LogP contribution in [0.25, 0.3) is 0 Å². The summed E-state index contributed by atoms with van der Waals surface area (Å²) in [5.41, 5.74) is 4.70. The molecule has 0 bridgehead atoms. The van der Waals surface area contributed by atoms with Crippen molar-refractivity contribution in [1.82, 2.24) is 4.90 Å². The molecule has 0 aromatic heterocycles. The van der Waals surface area contributed by atoms with Crippen LogP contribution in [0.3, 0.4) is 0 Å². The fourth-order valence-corrected chi connectivity index (χ4v) is 4.79. The molecule has 36 heavy (non-hydrogen) atoms. The third-order valence-corrected chi connectivity index (χ3v) is 7.51. The molecule has 1 aliphatic rings. The largest absolute Gasteiger partial charge is 0.768 e. The Balaban J connectivity index is 0.00000316. The summed E-state index contributed by atoms with van der Waals surface area (Å²) < 4.78 is 56.2. The molecule has 0 fully saturated rings. The molecule has 1 aromatic rings. The number of rotatable bonds is 11. The number of fused-ring (bicyclic) bond motifs is 1. The fourth-order valence-electron chi connectivity index (χ4n) is 3.89. The number of hydrogen-bond donors (Lipinski definition) is 1. The maximum atomic E-state index is 11.5. The van der Waals surface area contributed by atoms with Gasteiger partial charge in [0.2, 0.25) is 5.69 Å². The minimum Gasteiger partial charge on any atom is -0.768 e. The van der Waals surface area contributed by atoms with Gasteiger partial charge in [-0.1, -0.05) is 44.9 Å². The van der Waals surface area contributed by atoms with E-state index in [1.165, 1.54) is 0 Å². The summed E-state index contributed by atoms with van der Waals surface area (Å²) in [5, 5.41) is 0. The first-order chi connectivity index (χ1) is 16.8. The molecule has 1 heterocycles. The normalized spacial score (nSPS) is 16.6. The maximum Gasteiger partial charge on any atom is 0.266 e. The number of benzene rings is 1. The van der Waals surface area contributed by atoms with Gasteiger partial charge in [-0.2, -0.15) is 13.0 Å². The number of allylic oxidation sites excluding steroid dienone is 6. The Morgan fingerprint density at radius 2 is 1.86 bits per heavy atom. The highest BCUT2D eigenvalue weighted by molar-refractivity contribution is 7.85. The molecule has 0 amide bonds. The lowest BCUT2D eigenvalue weighted by Gasteiger charge is -2.18. The van der Waals surface area contributed by atoms with E-state index in [1.807, 2.05) is 52.0 Å². The molecule has 7 nitrogen and oxygen atoms in total. The SMILES string of the molecule is CC.CCCC[N+]1=C(/C=C/C(C)=C/C=C(\C)N(C)CCS(=O)(=O)O)C(C)(C)c2cc(S(=O)[O-])ccc21. The topological polar surface area (TPSA) is 101 Å². The van der Waals surface area contributed by atoms with Gasteiger partial charge in [0.15, 0.2) is 5.71 Å². The molecule has 2 rings (SSSR count). The van der Waals surface area contributed by atoms with E-state index in [1.54, 1.807) is 24.1 Å². The van der Waals surface area contributed by atoms with Crippen LogP contribution in [0.5, 0.6) is 0 Å². The summed E-state index contributed by atoms with van der Waals surface area (Å²) >= 11 is -2.27. The van der Waals surface area contributed by atoms with E-state index in [0.29, 0.717) is 4.90 Å². The molecule has 1 aliphatic heterocycles. The minimum atomic E-state index is -3.99. The van der Waals surface area contributed by atoms with Crippen LogP contribution in [0.15, 0.2) is 58.7 Å². The monoisotopic (exact) mass is 538 g/mol. The summed E-state index contributed by atoms with van der Waals surface area (Å²) in [6.07, 6.45) is 10.1. The molecule has 0 saturated carbocycles. The third kappa shape index (κ3) is 8.80. The van der Waals surface area contributed by atoms with Crippen molar-refractivity contribution in [2.24, 2.45) is 0 Å². The van der Waals surface area contributed by atoms with E-state index in [2.05, 4.69) is 31.4 Å². The van der Waals surface area contributed by atoms with E-state index in [4.69, 9.17) is 4.55 Å². The molecule has 0 spiro atoms. The van der Waals surface area contributed by atoms with Crippen LogP contribution in [0.2, 0.25) is 0 Å². The van der Waals surface area contributed by atoms with Gasteiger partial charge in [-0.25, -0.2) is 0 Å². The molecule has 202 valence electrons. The lowest BCUT2D eigenvalue weighted by atomic mass is 9.81. The van der Waals surface area contributed by atoms with Crippen LogP contribution in [-0.2, 0) is 26.6 Å². The first-order valence-electron chi connectivity index (χ1n) is 12.4. The molecular formula is C27H42N2O5S2. The van der Waals surface area contributed by atoms with Crippen LogP contribution in [-0.4, -0.2) is 62.8 Å². The van der Waals surface area contributed by atoms with E-state index >= 15 is 0 Å². The zero-order valence-corrected chi connectivity index (χ0v) is 24.5. The lowest BCUT2D eigenvalue weighted by Crippen LogP contribution is -2.28. The average Bonchev–Trinajstić information content (AvgIpc) is 3.04. The van der Waals surface area contributed by atoms with Crippen molar-refractivity contribution < 1.29 is 26.3 Å². The Morgan fingerprint density at radius 3 is 2.42 bits per heavy atom. The highest BCUT2D eigenvalue weighted by Crippen LogP contribution is 2.41. The Labute approximate surface area is 220 Å². The van der Waals surface area contributed by atoms with Gasteiger partial charge in [0.05, 0.1) is 11.2 Å². The molecule has 1 unspecified atom stereocenters. The van der Waals surface area contributed by atoms with Crippen molar-refractivity contribution in [3.8, 4) is 0 Å². The maximum absolute atomic E-state index is 11.5. The van der Waals surface area contributed by atoms with Crippen LogP contribution < -0.4 is 0 Å². The molecule has 1 atom stereocenters. The first kappa shape index (κ1) is 32.0. The molecule has 0 saturated heterocycles. The van der Waals surface area contributed by atoms with Crippen molar-refractivity contribution in [2.45, 2.75) is 71.6 Å². The number of unbranched alkanes of at least 4 members (excludes halogenated alkanes) is 1. The van der Waals surface area contributed by atoms with Crippen LogP contribution in [0.4, 0.5) is 5.69 Å². The van der Waals surface area contributed by atoms with E-state index < -0.39 is 21.2 Å². The summed E-state index contributed by atoms with van der Waals surface area (Å²) in [7, 11) is -2.22. The predicted molar refractivity (Wildman–Crippen MR) is 148 cm³/mol. The van der Waals surface area contributed by atoms with Gasteiger partial charge in [0.25, 0.3) is 10.1 Å². The zero-order valence-electron chi connectivity index (χ0n) is 22.9. The smallest absolute Gasteiger partial charge is 0.266 e. The molecule has 1 N–H and O–H groups in total. The molecule has 1 aromatic carbocycles. The first-order valence-corrected chi connectivity index (χ1v) is 15.0. The van der Waals surface area contributed by atoms with Crippen molar-refractivity contribution in [1.29, 1.82) is 0 Å². The summed E-state index contributed by atoms with van der Waals surface area (Å²) in [5.74, 6) is -0.319. The van der Waals surface area contributed by atoms with Gasteiger partial charge in [-0.15, -0.1) is 0 Å². The molecular weight excluding hydrogens is 496 g/mol. The highest BCUT2D eigenvalue weighted by Gasteiger charge is 2.44. The van der Waals surface area contributed by atoms with Crippen LogP contribution >= 0.6 is 0 Å². The summed E-state index contributed by atoms with van der Waals surface area (Å²) in [6.45, 7) is 15.3. The van der Waals surface area contributed by atoms with Gasteiger partial charge in [0, 0.05) is 48.3 Å². The highest BCUT2D eigenvalue weighted by atomic mass is 32.2. The second-order valence-electron chi connectivity index (χ2n) is 9.19. The quantitative estimate of drug-likeness (QED) is 0.176. The van der Waals surface area contributed by atoms with Gasteiger partial charge in [-0.05, 0) is 57.0 Å². The van der Waals surface area contributed by atoms with Crippen molar-refractivity contribution in [3.63, 3.8) is 0 Å². The Bertz CT molecular complexity index is 1160. The van der Waals surface area contributed by atoms with Crippen molar-refractivity contribution in [2.75, 3.05) is 25.9 Å². The van der Waals surface area contributed by atoms with E-state index in [0.717, 1.165) is 47.6 Å². The summed E-state index contributed by atoms with van der Waals surface area (Å²) in [6, 6.07) is 5.33. The third-order valence-electron chi connectivity index (χ3n) is 6.17. The van der Waals surface area contributed by atoms with E-state index in [-0.39, 0.29) is 17.7 Å². The van der Waals surface area contributed by atoms with Crippen LogP contribution in [0, 0.1) is 0 Å². The minimum absolute atomic E-state index is 0.205. The number of nitrogens with zero attached hydrogens (tertiary/aromatic N) is 2. The second-order valence-corrected chi connectivity index (χ2v) is 11.7. The molecule has 0 aliphatic carbocycles. The van der Waals surface area contributed by atoms with Gasteiger partial charge in [0.1, 0.15) is 6.54 Å². The standard InChI is InChI=1S/C25H36N2O5S2.C2H6/c1-7-8-15-27-23-13-12-21(33(28)29)18-22(23)25(4,5)24(27)14-10-19(2)9-11-20(3)26(6)16-17-34(30,31)32;1-2/h9-14,18H,7-8,15-17H2,1-6H3,(H-,28,29,30,31,32);1-2H3. The van der Waals surface area contributed by atoms with Crippen LogP contribution in [0.1, 0.15) is 66.9 Å². The zero-order chi connectivity index (χ0) is 27.7. The summed E-state index contributed by atoms with van der Waals surface area (Å²) in [4.78, 5) is 2.07. The van der Waals surface area contributed by atoms with Crippen molar-refractivity contribution >= 4 is 32.6 Å². The molecule has 9 heteroatoms. The second kappa shape index (κ2) is 14.0. The lowest BCUT2D eigenvalue weighted by molar-refractivity contribution is -0.438. The predicted octanol–water partition coefficient (Wildman–Crippen LogP) is 5.35. The number of hydrogen-bond acceptors (Lipinski definition) is 5. The van der Waals surface area contributed by atoms with E-state index in [9.17, 15) is 17.2 Å². The average molecular weight is 539 g/mol. The fraction of sp³-hybridized carbons (Fsp3) is 0.519.